The van der Waals surface area contributed by atoms with Gasteiger partial charge in [0.25, 0.3) is 5.56 Å². The van der Waals surface area contributed by atoms with E-state index in [9.17, 15) is 14.7 Å². The van der Waals surface area contributed by atoms with E-state index < -0.39 is 5.56 Å². The van der Waals surface area contributed by atoms with Crippen molar-refractivity contribution in [2.75, 3.05) is 13.2 Å². The largest absolute Gasteiger partial charge is 0.507 e. The number of benzene rings is 1. The molecule has 1 saturated heterocycles. The zero-order valence-electron chi connectivity index (χ0n) is 12.1. The molecule has 0 unspecified atom stereocenters. The zero-order valence-corrected chi connectivity index (χ0v) is 12.1. The molecule has 2 aromatic rings. The van der Waals surface area contributed by atoms with E-state index in [0.29, 0.717) is 17.4 Å². The van der Waals surface area contributed by atoms with Crippen LogP contribution in [0.25, 0.3) is 10.9 Å². The van der Waals surface area contributed by atoms with E-state index >= 15 is 0 Å². The second-order valence-electron chi connectivity index (χ2n) is 5.44. The van der Waals surface area contributed by atoms with Crippen LogP contribution in [0.5, 0.6) is 5.75 Å². The Morgan fingerprint density at radius 3 is 3.00 bits per heavy atom. The van der Waals surface area contributed by atoms with Crippen molar-refractivity contribution in [3.05, 3.63) is 40.2 Å². The highest BCUT2D eigenvalue weighted by Crippen LogP contribution is 2.24. The molecule has 3 rings (SSSR count). The van der Waals surface area contributed by atoms with Crippen LogP contribution in [0, 0.1) is 0 Å². The van der Waals surface area contributed by atoms with Crippen LogP contribution in [0.4, 0.5) is 0 Å². The Kier molecular flexibility index (Phi) is 4.11. The first kappa shape index (κ1) is 14.6. The minimum absolute atomic E-state index is 0.0486. The molecule has 0 radical (unpaired) electrons. The third kappa shape index (κ3) is 2.96. The third-order valence-electron chi connectivity index (χ3n) is 3.88. The van der Waals surface area contributed by atoms with E-state index in [1.165, 1.54) is 0 Å². The Bertz CT molecular complexity index is 747. The average molecular weight is 302 g/mol. The highest BCUT2D eigenvalue weighted by Gasteiger charge is 2.18. The lowest BCUT2D eigenvalue weighted by molar-refractivity contribution is -0.121. The lowest BCUT2D eigenvalue weighted by Gasteiger charge is -2.11. The predicted molar refractivity (Wildman–Crippen MR) is 81.9 cm³/mol. The number of rotatable bonds is 4. The number of amides is 1. The van der Waals surface area contributed by atoms with Gasteiger partial charge in [-0.05, 0) is 25.0 Å². The van der Waals surface area contributed by atoms with Crippen molar-refractivity contribution in [1.82, 2.24) is 10.3 Å². The van der Waals surface area contributed by atoms with Gasteiger partial charge in [0.15, 0.2) is 0 Å². The Hall–Kier alpha value is -2.34. The Morgan fingerprint density at radius 1 is 1.41 bits per heavy atom. The zero-order chi connectivity index (χ0) is 15.5. The van der Waals surface area contributed by atoms with Gasteiger partial charge in [-0.2, -0.15) is 0 Å². The van der Waals surface area contributed by atoms with Crippen molar-refractivity contribution in [2.24, 2.45) is 0 Å². The van der Waals surface area contributed by atoms with Gasteiger partial charge >= 0.3 is 0 Å². The molecule has 3 N–H and O–H groups in total. The van der Waals surface area contributed by atoms with Crippen LogP contribution in [0.2, 0.25) is 0 Å². The van der Waals surface area contributed by atoms with Crippen LogP contribution in [-0.2, 0) is 16.0 Å². The fourth-order valence-corrected chi connectivity index (χ4v) is 2.69. The number of carbonyl (C=O) groups is 1. The SMILES string of the molecule is O=C(Cc1c(O)c2ccccc2[nH]c1=O)NC[C@H]1CCCO1. The highest BCUT2D eigenvalue weighted by atomic mass is 16.5. The number of carbonyl (C=O) groups excluding carboxylic acids is 1. The molecule has 6 heteroatoms. The molecule has 1 amide bonds. The number of hydrogen-bond donors (Lipinski definition) is 3. The normalized spacial score (nSPS) is 17.7. The number of nitrogens with one attached hydrogen (secondary N) is 2. The first-order valence-corrected chi connectivity index (χ1v) is 7.36. The van der Waals surface area contributed by atoms with Gasteiger partial charge in [-0.25, -0.2) is 0 Å². The fourth-order valence-electron chi connectivity index (χ4n) is 2.69. The van der Waals surface area contributed by atoms with Crippen LogP contribution in [-0.4, -0.2) is 35.3 Å². The molecule has 1 aromatic heterocycles. The van der Waals surface area contributed by atoms with Crippen LogP contribution >= 0.6 is 0 Å². The van der Waals surface area contributed by atoms with Gasteiger partial charge in [0.2, 0.25) is 5.91 Å². The number of aromatic hydroxyl groups is 1. The summed E-state index contributed by atoms with van der Waals surface area (Å²) in [4.78, 5) is 26.7. The van der Waals surface area contributed by atoms with Crippen LogP contribution < -0.4 is 10.9 Å². The van der Waals surface area contributed by atoms with Crippen molar-refractivity contribution in [1.29, 1.82) is 0 Å². The minimum Gasteiger partial charge on any atom is -0.507 e. The molecular weight excluding hydrogens is 284 g/mol. The summed E-state index contributed by atoms with van der Waals surface area (Å²) in [6.07, 6.45) is 1.83. The second-order valence-corrected chi connectivity index (χ2v) is 5.44. The monoisotopic (exact) mass is 302 g/mol. The molecule has 1 aliphatic rings. The lowest BCUT2D eigenvalue weighted by atomic mass is 10.1. The summed E-state index contributed by atoms with van der Waals surface area (Å²) in [5.41, 5.74) is 0.195. The summed E-state index contributed by atoms with van der Waals surface area (Å²) in [5, 5.41) is 13.5. The summed E-state index contributed by atoms with van der Waals surface area (Å²) in [6.45, 7) is 1.16. The van der Waals surface area contributed by atoms with Crippen LogP contribution in [0.3, 0.4) is 0 Å². The van der Waals surface area contributed by atoms with Gasteiger partial charge in [-0.15, -0.1) is 0 Å². The van der Waals surface area contributed by atoms with Gasteiger partial charge in [0.1, 0.15) is 5.75 Å². The minimum atomic E-state index is -0.441. The summed E-state index contributed by atoms with van der Waals surface area (Å²) in [7, 11) is 0. The Labute approximate surface area is 127 Å². The summed E-state index contributed by atoms with van der Waals surface area (Å²) in [6, 6.07) is 6.94. The van der Waals surface area contributed by atoms with Gasteiger partial charge < -0.3 is 20.1 Å². The van der Waals surface area contributed by atoms with Crippen LogP contribution in [0.15, 0.2) is 29.1 Å². The van der Waals surface area contributed by atoms with Crippen molar-refractivity contribution < 1.29 is 14.6 Å². The second kappa shape index (κ2) is 6.19. The average Bonchev–Trinajstić information content (AvgIpc) is 3.03. The van der Waals surface area contributed by atoms with Gasteiger partial charge in [0.05, 0.1) is 23.6 Å². The molecule has 1 aliphatic heterocycles. The summed E-state index contributed by atoms with van der Waals surface area (Å²) in [5.74, 6) is -0.432. The Morgan fingerprint density at radius 2 is 2.23 bits per heavy atom. The molecule has 1 fully saturated rings. The summed E-state index contributed by atoms with van der Waals surface area (Å²) < 4.78 is 5.43. The molecule has 1 aromatic carbocycles. The van der Waals surface area contributed by atoms with E-state index in [4.69, 9.17) is 4.74 Å². The molecule has 22 heavy (non-hydrogen) atoms. The molecule has 1 atom stereocenters. The third-order valence-corrected chi connectivity index (χ3v) is 3.88. The molecule has 0 aliphatic carbocycles. The van der Waals surface area contributed by atoms with E-state index in [2.05, 4.69) is 10.3 Å². The van der Waals surface area contributed by atoms with Gasteiger partial charge in [-0.3, -0.25) is 9.59 Å². The highest BCUT2D eigenvalue weighted by molar-refractivity contribution is 5.88. The maximum atomic E-state index is 12.0. The van der Waals surface area contributed by atoms with E-state index in [-0.39, 0.29) is 29.7 Å². The smallest absolute Gasteiger partial charge is 0.255 e. The van der Waals surface area contributed by atoms with E-state index in [1.54, 1.807) is 24.3 Å². The number of fused-ring (bicyclic) bond motifs is 1. The molecule has 6 nitrogen and oxygen atoms in total. The fraction of sp³-hybridized carbons (Fsp3) is 0.375. The van der Waals surface area contributed by atoms with Crippen LogP contribution in [0.1, 0.15) is 18.4 Å². The number of aromatic amines is 1. The van der Waals surface area contributed by atoms with E-state index in [1.807, 2.05) is 0 Å². The quantitative estimate of drug-likeness (QED) is 0.788. The molecule has 116 valence electrons. The maximum absolute atomic E-state index is 12.0. The molecule has 0 bridgehead atoms. The number of aromatic nitrogens is 1. The number of H-pyrrole nitrogens is 1. The number of para-hydroxylation sites is 1. The number of ether oxygens (including phenoxy) is 1. The van der Waals surface area contributed by atoms with Crippen molar-refractivity contribution in [2.45, 2.75) is 25.4 Å². The lowest BCUT2D eigenvalue weighted by Crippen LogP contribution is -2.34. The van der Waals surface area contributed by atoms with Gasteiger partial charge in [-0.1, -0.05) is 12.1 Å². The number of hydrogen-bond acceptors (Lipinski definition) is 4. The maximum Gasteiger partial charge on any atom is 0.255 e. The molecule has 0 saturated carbocycles. The van der Waals surface area contributed by atoms with Crippen molar-refractivity contribution in [3.8, 4) is 5.75 Å². The summed E-state index contributed by atoms with van der Waals surface area (Å²) >= 11 is 0. The van der Waals surface area contributed by atoms with Crippen molar-refractivity contribution in [3.63, 3.8) is 0 Å². The standard InChI is InChI=1S/C16H18N2O4/c19-14(17-9-10-4-3-7-22-10)8-12-15(20)11-5-1-2-6-13(11)18-16(12)21/h1-2,5-6,10H,3-4,7-9H2,(H,17,19)(H2,18,20,21)/t10-/m1/s1. The van der Waals surface area contributed by atoms with Crippen molar-refractivity contribution >= 4 is 16.8 Å². The first-order chi connectivity index (χ1) is 10.6. The number of pyridine rings is 1. The molecule has 2 heterocycles. The molecule has 0 spiro atoms. The molecular formula is C16H18N2O4. The Balaban J connectivity index is 1.75. The first-order valence-electron chi connectivity index (χ1n) is 7.36. The predicted octanol–water partition coefficient (Wildman–Crippen LogP) is 1.07. The van der Waals surface area contributed by atoms with Gasteiger partial charge in [0, 0.05) is 18.5 Å². The van der Waals surface area contributed by atoms with E-state index in [0.717, 1.165) is 19.4 Å². The topological polar surface area (TPSA) is 91.4 Å².